The lowest BCUT2D eigenvalue weighted by Gasteiger charge is -2.23. The zero-order chi connectivity index (χ0) is 22.4. The van der Waals surface area contributed by atoms with Crippen molar-refractivity contribution in [2.75, 3.05) is 28.4 Å². The van der Waals surface area contributed by atoms with E-state index in [2.05, 4.69) is 29.0 Å². The van der Waals surface area contributed by atoms with Gasteiger partial charge in [0.15, 0.2) is 11.5 Å². The quantitative estimate of drug-likeness (QED) is 0.557. The summed E-state index contributed by atoms with van der Waals surface area (Å²) in [6.07, 6.45) is 1.28. The highest BCUT2D eigenvalue weighted by atomic mass is 16.5. The summed E-state index contributed by atoms with van der Waals surface area (Å²) in [5.41, 5.74) is 3.25. The Hall–Kier alpha value is -3.32. The van der Waals surface area contributed by atoms with Crippen LogP contribution in [0.2, 0.25) is 0 Å². The van der Waals surface area contributed by atoms with Crippen LogP contribution in [0.15, 0.2) is 48.7 Å². The van der Waals surface area contributed by atoms with Gasteiger partial charge in [-0.15, -0.1) is 0 Å². The molecule has 0 aliphatic rings. The number of ether oxygens (including phenoxy) is 4. The third kappa shape index (κ3) is 4.88. The fourth-order valence-corrected chi connectivity index (χ4v) is 3.63. The fourth-order valence-electron chi connectivity index (χ4n) is 3.63. The molecule has 0 radical (unpaired) electrons. The molecule has 1 aromatic heterocycles. The Balaban J connectivity index is 2.09. The lowest BCUT2D eigenvalue weighted by Crippen LogP contribution is -2.11. The van der Waals surface area contributed by atoms with Crippen LogP contribution in [0, 0.1) is 0 Å². The van der Waals surface area contributed by atoms with Gasteiger partial charge in [0, 0.05) is 6.20 Å². The van der Waals surface area contributed by atoms with E-state index >= 15 is 0 Å². The molecule has 1 heterocycles. The molecule has 0 fully saturated rings. The molecule has 0 aliphatic heterocycles. The molecule has 0 spiro atoms. The van der Waals surface area contributed by atoms with Crippen LogP contribution in [0.5, 0.6) is 23.4 Å². The van der Waals surface area contributed by atoms with E-state index < -0.39 is 6.10 Å². The third-order valence-electron chi connectivity index (χ3n) is 5.23. The van der Waals surface area contributed by atoms with Crippen molar-refractivity contribution < 1.29 is 24.1 Å². The Kier molecular flexibility index (Phi) is 7.31. The van der Waals surface area contributed by atoms with Gasteiger partial charge in [0.05, 0.1) is 34.0 Å². The average molecular weight is 424 g/mol. The first-order valence-electron chi connectivity index (χ1n) is 9.95. The standard InChI is InChI=1S/C24H28N2O5/c1-15(11-16-9-7-6-8-10-16)17-12-20(28-2)21(29-3)13-18(17)22(27)19-14-25-24(31-5)26-23(19)30-4/h6-10,12-15,22,27H,11H2,1-5H3. The van der Waals surface area contributed by atoms with Gasteiger partial charge < -0.3 is 24.1 Å². The molecular weight excluding hydrogens is 396 g/mol. The van der Waals surface area contributed by atoms with E-state index in [9.17, 15) is 5.11 Å². The first-order valence-corrected chi connectivity index (χ1v) is 9.95. The Labute approximate surface area is 182 Å². The lowest BCUT2D eigenvalue weighted by atomic mass is 9.86. The molecule has 0 bridgehead atoms. The predicted molar refractivity (Wildman–Crippen MR) is 117 cm³/mol. The van der Waals surface area contributed by atoms with Gasteiger partial charge in [-0.05, 0) is 41.2 Å². The summed E-state index contributed by atoms with van der Waals surface area (Å²) in [6, 6.07) is 14.1. The topological polar surface area (TPSA) is 82.9 Å². The number of rotatable bonds is 9. The molecule has 2 atom stereocenters. The number of methoxy groups -OCH3 is 4. The van der Waals surface area contributed by atoms with Crippen molar-refractivity contribution in [3.63, 3.8) is 0 Å². The van der Waals surface area contributed by atoms with Crippen molar-refractivity contribution in [3.05, 3.63) is 70.9 Å². The highest BCUT2D eigenvalue weighted by Crippen LogP contribution is 2.40. The van der Waals surface area contributed by atoms with Crippen LogP contribution < -0.4 is 18.9 Å². The van der Waals surface area contributed by atoms with Crippen molar-refractivity contribution >= 4 is 0 Å². The SMILES string of the molecule is COc1ncc(C(O)c2cc(OC)c(OC)cc2C(C)Cc2ccccc2)c(OC)n1. The molecule has 7 heteroatoms. The Morgan fingerprint density at radius 3 is 2.06 bits per heavy atom. The molecule has 3 rings (SSSR count). The van der Waals surface area contributed by atoms with Crippen LogP contribution in [0.4, 0.5) is 0 Å². The summed E-state index contributed by atoms with van der Waals surface area (Å²) in [4.78, 5) is 8.35. The molecule has 2 aromatic carbocycles. The van der Waals surface area contributed by atoms with E-state index in [-0.39, 0.29) is 17.8 Å². The average Bonchev–Trinajstić information content (AvgIpc) is 2.82. The molecule has 0 saturated heterocycles. The van der Waals surface area contributed by atoms with Crippen LogP contribution in [0.3, 0.4) is 0 Å². The van der Waals surface area contributed by atoms with Crippen molar-refractivity contribution in [1.29, 1.82) is 0 Å². The van der Waals surface area contributed by atoms with E-state index in [0.29, 0.717) is 22.6 Å². The summed E-state index contributed by atoms with van der Waals surface area (Å²) < 4.78 is 21.5. The fraction of sp³-hybridized carbons (Fsp3) is 0.333. The van der Waals surface area contributed by atoms with E-state index in [1.807, 2.05) is 24.3 Å². The zero-order valence-electron chi connectivity index (χ0n) is 18.5. The zero-order valence-corrected chi connectivity index (χ0v) is 18.5. The van der Waals surface area contributed by atoms with E-state index in [1.165, 1.54) is 26.0 Å². The molecule has 0 amide bonds. The summed E-state index contributed by atoms with van der Waals surface area (Å²) >= 11 is 0. The van der Waals surface area contributed by atoms with E-state index in [1.54, 1.807) is 20.3 Å². The first kappa shape index (κ1) is 22.4. The van der Waals surface area contributed by atoms with Gasteiger partial charge in [0.25, 0.3) is 0 Å². The van der Waals surface area contributed by atoms with Gasteiger partial charge in [0.1, 0.15) is 6.10 Å². The van der Waals surface area contributed by atoms with Crippen LogP contribution in [-0.4, -0.2) is 43.5 Å². The molecule has 31 heavy (non-hydrogen) atoms. The maximum absolute atomic E-state index is 11.3. The minimum Gasteiger partial charge on any atom is -0.493 e. The normalized spacial score (nSPS) is 12.7. The molecule has 1 N–H and O–H groups in total. The van der Waals surface area contributed by atoms with Crippen LogP contribution in [-0.2, 0) is 6.42 Å². The minimum absolute atomic E-state index is 0.0945. The molecule has 7 nitrogen and oxygen atoms in total. The van der Waals surface area contributed by atoms with Gasteiger partial charge in [-0.1, -0.05) is 37.3 Å². The highest BCUT2D eigenvalue weighted by molar-refractivity contribution is 5.52. The van der Waals surface area contributed by atoms with Crippen LogP contribution in [0.25, 0.3) is 0 Å². The van der Waals surface area contributed by atoms with Crippen molar-refractivity contribution in [2.45, 2.75) is 25.4 Å². The van der Waals surface area contributed by atoms with Crippen molar-refractivity contribution in [1.82, 2.24) is 9.97 Å². The molecular formula is C24H28N2O5. The second-order valence-electron chi connectivity index (χ2n) is 7.15. The summed E-state index contributed by atoms with van der Waals surface area (Å²) in [5.74, 6) is 1.47. The summed E-state index contributed by atoms with van der Waals surface area (Å²) in [5, 5.41) is 11.3. The van der Waals surface area contributed by atoms with Crippen molar-refractivity contribution in [3.8, 4) is 23.4 Å². The number of hydrogen-bond donors (Lipinski definition) is 1. The maximum Gasteiger partial charge on any atom is 0.319 e. The second kappa shape index (κ2) is 10.1. The highest BCUT2D eigenvalue weighted by Gasteiger charge is 2.25. The van der Waals surface area contributed by atoms with Gasteiger partial charge in [0.2, 0.25) is 5.88 Å². The number of aliphatic hydroxyl groups is 1. The summed E-state index contributed by atoms with van der Waals surface area (Å²) in [6.45, 7) is 2.12. The van der Waals surface area contributed by atoms with Gasteiger partial charge in [-0.2, -0.15) is 4.98 Å². The monoisotopic (exact) mass is 424 g/mol. The third-order valence-corrected chi connectivity index (χ3v) is 5.23. The predicted octanol–water partition coefficient (Wildman–Crippen LogP) is 3.94. The lowest BCUT2D eigenvalue weighted by molar-refractivity contribution is 0.209. The molecule has 2 unspecified atom stereocenters. The minimum atomic E-state index is -1.03. The Morgan fingerprint density at radius 1 is 0.839 bits per heavy atom. The number of aromatic nitrogens is 2. The Bertz CT molecular complexity index is 1010. The van der Waals surface area contributed by atoms with Crippen molar-refractivity contribution in [2.24, 2.45) is 0 Å². The second-order valence-corrected chi connectivity index (χ2v) is 7.15. The van der Waals surface area contributed by atoms with E-state index in [0.717, 1.165) is 12.0 Å². The van der Waals surface area contributed by atoms with E-state index in [4.69, 9.17) is 18.9 Å². The van der Waals surface area contributed by atoms with Crippen LogP contribution >= 0.6 is 0 Å². The molecule has 3 aromatic rings. The molecule has 0 saturated carbocycles. The maximum atomic E-state index is 11.3. The first-order chi connectivity index (χ1) is 15.0. The molecule has 164 valence electrons. The summed E-state index contributed by atoms with van der Waals surface area (Å²) in [7, 11) is 6.13. The Morgan fingerprint density at radius 2 is 1.48 bits per heavy atom. The van der Waals surface area contributed by atoms with Crippen LogP contribution in [0.1, 0.15) is 41.2 Å². The number of hydrogen-bond acceptors (Lipinski definition) is 7. The van der Waals surface area contributed by atoms with Gasteiger partial charge >= 0.3 is 6.01 Å². The number of benzene rings is 2. The smallest absolute Gasteiger partial charge is 0.319 e. The van der Waals surface area contributed by atoms with Gasteiger partial charge in [-0.25, -0.2) is 4.98 Å². The number of nitrogens with zero attached hydrogens (tertiary/aromatic N) is 2. The molecule has 0 aliphatic carbocycles. The number of aliphatic hydroxyl groups excluding tert-OH is 1. The van der Waals surface area contributed by atoms with Gasteiger partial charge in [-0.3, -0.25) is 0 Å². The largest absolute Gasteiger partial charge is 0.493 e.